The van der Waals surface area contributed by atoms with E-state index in [1.165, 1.54) is 0 Å². The predicted molar refractivity (Wildman–Crippen MR) is 46.3 cm³/mol. The molecule has 5 heteroatoms. The molecule has 78 valence electrons. The smallest absolute Gasteiger partial charge is 0.147 e. The zero-order valence-corrected chi connectivity index (χ0v) is 7.61. The minimum Gasteiger partial charge on any atom is -0.395 e. The van der Waals surface area contributed by atoms with Crippen molar-refractivity contribution in [2.24, 2.45) is 0 Å². The molecule has 0 bridgehead atoms. The molecule has 0 saturated carbocycles. The molecule has 3 N–H and O–H groups in total. The standard InChI is InChI=1S/C8H17NO4/c10-4-7(5-11)9-3-8-1-2-12-6-13-8/h7-11H,1-6H2. The summed E-state index contributed by atoms with van der Waals surface area (Å²) in [6.45, 7) is 1.60. The molecule has 1 rings (SSSR count). The quantitative estimate of drug-likeness (QED) is 0.503. The monoisotopic (exact) mass is 191 g/mol. The average Bonchev–Trinajstić information content (AvgIpc) is 2.21. The summed E-state index contributed by atoms with van der Waals surface area (Å²) in [6, 6.07) is -0.244. The second kappa shape index (κ2) is 6.28. The highest BCUT2D eigenvalue weighted by atomic mass is 16.7. The molecule has 0 aromatic carbocycles. The van der Waals surface area contributed by atoms with Crippen LogP contribution in [0.1, 0.15) is 6.42 Å². The third-order valence-electron chi connectivity index (χ3n) is 2.05. The highest BCUT2D eigenvalue weighted by Crippen LogP contribution is 2.04. The fourth-order valence-electron chi connectivity index (χ4n) is 1.15. The van der Waals surface area contributed by atoms with Crippen LogP contribution < -0.4 is 5.32 Å². The number of nitrogens with one attached hydrogen (secondary N) is 1. The number of rotatable bonds is 5. The van der Waals surface area contributed by atoms with Crippen molar-refractivity contribution in [3.05, 3.63) is 0 Å². The molecular formula is C8H17NO4. The van der Waals surface area contributed by atoms with Crippen molar-refractivity contribution in [3.63, 3.8) is 0 Å². The van der Waals surface area contributed by atoms with Gasteiger partial charge >= 0.3 is 0 Å². The topological polar surface area (TPSA) is 71.0 Å². The van der Waals surface area contributed by atoms with Crippen molar-refractivity contribution in [1.29, 1.82) is 0 Å². The summed E-state index contributed by atoms with van der Waals surface area (Å²) in [5.74, 6) is 0. The number of hydrogen-bond acceptors (Lipinski definition) is 5. The molecule has 0 aromatic heterocycles. The van der Waals surface area contributed by atoms with Crippen molar-refractivity contribution in [2.45, 2.75) is 18.6 Å². The van der Waals surface area contributed by atoms with Gasteiger partial charge in [0.25, 0.3) is 0 Å². The van der Waals surface area contributed by atoms with E-state index in [4.69, 9.17) is 19.7 Å². The van der Waals surface area contributed by atoms with E-state index in [-0.39, 0.29) is 25.4 Å². The molecular weight excluding hydrogens is 174 g/mol. The van der Waals surface area contributed by atoms with Crippen LogP contribution in [0, 0.1) is 0 Å². The molecule has 13 heavy (non-hydrogen) atoms. The third kappa shape index (κ3) is 4.02. The van der Waals surface area contributed by atoms with E-state index in [0.29, 0.717) is 13.3 Å². The van der Waals surface area contributed by atoms with Gasteiger partial charge < -0.3 is 25.0 Å². The summed E-state index contributed by atoms with van der Waals surface area (Å²) in [4.78, 5) is 0. The summed E-state index contributed by atoms with van der Waals surface area (Å²) in [5.41, 5.74) is 0. The fraction of sp³-hybridized carbons (Fsp3) is 1.00. The summed E-state index contributed by atoms with van der Waals surface area (Å²) < 4.78 is 10.3. The second-order valence-corrected chi connectivity index (χ2v) is 3.07. The van der Waals surface area contributed by atoms with E-state index in [1.807, 2.05) is 0 Å². The van der Waals surface area contributed by atoms with Crippen molar-refractivity contribution < 1.29 is 19.7 Å². The predicted octanol–water partition coefficient (Wildman–Crippen LogP) is -1.31. The number of hydrogen-bond donors (Lipinski definition) is 3. The van der Waals surface area contributed by atoms with Gasteiger partial charge in [0.2, 0.25) is 0 Å². The van der Waals surface area contributed by atoms with Crippen LogP contribution in [0.4, 0.5) is 0 Å². The molecule has 1 aliphatic rings. The van der Waals surface area contributed by atoms with E-state index in [2.05, 4.69) is 5.32 Å². The van der Waals surface area contributed by atoms with Crippen LogP contribution in [0.5, 0.6) is 0 Å². The van der Waals surface area contributed by atoms with Gasteiger partial charge in [0, 0.05) is 6.54 Å². The minimum atomic E-state index is -0.244. The van der Waals surface area contributed by atoms with E-state index >= 15 is 0 Å². The van der Waals surface area contributed by atoms with Crippen molar-refractivity contribution in [1.82, 2.24) is 5.32 Å². The Bertz CT molecular complexity index is 123. The van der Waals surface area contributed by atoms with Crippen LogP contribution in [-0.2, 0) is 9.47 Å². The van der Waals surface area contributed by atoms with Crippen LogP contribution in [0.3, 0.4) is 0 Å². The Kier molecular flexibility index (Phi) is 5.26. The maximum atomic E-state index is 8.77. The molecule has 1 fully saturated rings. The minimum absolute atomic E-state index is 0.0558. The second-order valence-electron chi connectivity index (χ2n) is 3.07. The summed E-state index contributed by atoms with van der Waals surface area (Å²) >= 11 is 0. The molecule has 1 atom stereocenters. The van der Waals surface area contributed by atoms with Crippen LogP contribution >= 0.6 is 0 Å². The molecule has 0 aliphatic carbocycles. The van der Waals surface area contributed by atoms with Crippen LogP contribution in [0.25, 0.3) is 0 Å². The number of aliphatic hydroxyl groups is 2. The van der Waals surface area contributed by atoms with E-state index < -0.39 is 0 Å². The Balaban J connectivity index is 2.09. The Labute approximate surface area is 77.7 Å². The molecule has 0 spiro atoms. The molecule has 0 radical (unpaired) electrons. The maximum Gasteiger partial charge on any atom is 0.147 e. The van der Waals surface area contributed by atoms with Crippen molar-refractivity contribution in [2.75, 3.05) is 33.2 Å². The normalized spacial score (nSPS) is 23.8. The molecule has 1 saturated heterocycles. The number of ether oxygens (including phenoxy) is 2. The Morgan fingerprint density at radius 2 is 2.15 bits per heavy atom. The van der Waals surface area contributed by atoms with Gasteiger partial charge in [0.1, 0.15) is 6.79 Å². The summed E-state index contributed by atoms with van der Waals surface area (Å²) in [6.07, 6.45) is 0.991. The lowest BCUT2D eigenvalue weighted by molar-refractivity contribution is -0.137. The van der Waals surface area contributed by atoms with Gasteiger partial charge in [-0.15, -0.1) is 0 Å². The van der Waals surface area contributed by atoms with E-state index in [9.17, 15) is 0 Å². The van der Waals surface area contributed by atoms with E-state index in [1.54, 1.807) is 0 Å². The van der Waals surface area contributed by atoms with Gasteiger partial charge in [-0.05, 0) is 6.42 Å². The van der Waals surface area contributed by atoms with Crippen molar-refractivity contribution in [3.8, 4) is 0 Å². The van der Waals surface area contributed by atoms with Crippen LogP contribution in [0.2, 0.25) is 0 Å². The first-order valence-corrected chi connectivity index (χ1v) is 4.51. The first-order valence-electron chi connectivity index (χ1n) is 4.51. The van der Waals surface area contributed by atoms with Crippen molar-refractivity contribution >= 4 is 0 Å². The molecule has 1 unspecified atom stereocenters. The molecule has 1 aliphatic heterocycles. The summed E-state index contributed by atoms with van der Waals surface area (Å²) in [7, 11) is 0. The lowest BCUT2D eigenvalue weighted by Gasteiger charge is -2.24. The maximum absolute atomic E-state index is 8.77. The highest BCUT2D eigenvalue weighted by Gasteiger charge is 2.15. The SMILES string of the molecule is OCC(CO)NCC1CCOCO1. The van der Waals surface area contributed by atoms with Gasteiger partial charge in [-0.1, -0.05) is 0 Å². The largest absolute Gasteiger partial charge is 0.395 e. The van der Waals surface area contributed by atoms with Gasteiger partial charge in [-0.25, -0.2) is 0 Å². The summed E-state index contributed by atoms with van der Waals surface area (Å²) in [5, 5.41) is 20.5. The first kappa shape index (κ1) is 10.9. The fourth-order valence-corrected chi connectivity index (χ4v) is 1.15. The Morgan fingerprint density at radius 3 is 2.69 bits per heavy atom. The van der Waals surface area contributed by atoms with Gasteiger partial charge in [0.05, 0.1) is 32.0 Å². The molecule has 0 aromatic rings. The van der Waals surface area contributed by atoms with E-state index in [0.717, 1.165) is 13.0 Å². The van der Waals surface area contributed by atoms with Crippen LogP contribution in [0.15, 0.2) is 0 Å². The Hall–Kier alpha value is -0.200. The van der Waals surface area contributed by atoms with Crippen LogP contribution in [-0.4, -0.2) is 55.5 Å². The molecule has 1 heterocycles. The Morgan fingerprint density at radius 1 is 1.38 bits per heavy atom. The highest BCUT2D eigenvalue weighted by molar-refractivity contribution is 4.69. The first-order chi connectivity index (χ1) is 6.36. The lowest BCUT2D eigenvalue weighted by atomic mass is 10.2. The zero-order chi connectivity index (χ0) is 9.52. The lowest BCUT2D eigenvalue weighted by Crippen LogP contribution is -2.42. The number of aliphatic hydroxyl groups excluding tert-OH is 2. The van der Waals surface area contributed by atoms with Gasteiger partial charge in [-0.3, -0.25) is 0 Å². The third-order valence-corrected chi connectivity index (χ3v) is 2.05. The van der Waals surface area contributed by atoms with Gasteiger partial charge in [-0.2, -0.15) is 0 Å². The zero-order valence-electron chi connectivity index (χ0n) is 7.61. The molecule has 5 nitrogen and oxygen atoms in total. The molecule has 0 amide bonds. The average molecular weight is 191 g/mol. The van der Waals surface area contributed by atoms with Gasteiger partial charge in [0.15, 0.2) is 0 Å².